The van der Waals surface area contributed by atoms with Gasteiger partial charge in [0, 0.05) is 48.3 Å². The molecule has 0 atom stereocenters. The number of aromatic amines is 2. The molecule has 1 saturated heterocycles. The first kappa shape index (κ1) is 20.5. The highest BCUT2D eigenvalue weighted by atomic mass is 19.1. The minimum atomic E-state index is -0.175. The molecule has 4 aromatic rings. The van der Waals surface area contributed by atoms with E-state index in [4.69, 9.17) is 4.74 Å². The Bertz CT molecular complexity index is 1290. The SMILES string of the molecule is O=c1[nH]cnc2[nH]c(-c3ccnc(CCc4ccc(CN5CCOCC5)c(F)c4)c3)cc12. The molecule has 5 rings (SSSR count). The van der Waals surface area contributed by atoms with Gasteiger partial charge in [0.2, 0.25) is 0 Å². The van der Waals surface area contributed by atoms with Crippen molar-refractivity contribution >= 4 is 11.0 Å². The van der Waals surface area contributed by atoms with Crippen LogP contribution in [0.25, 0.3) is 22.3 Å². The van der Waals surface area contributed by atoms with E-state index in [0.29, 0.717) is 43.6 Å². The van der Waals surface area contributed by atoms with Crippen LogP contribution in [0.2, 0.25) is 0 Å². The molecule has 2 N–H and O–H groups in total. The maximum Gasteiger partial charge on any atom is 0.260 e. The number of ether oxygens (including phenoxy) is 1. The van der Waals surface area contributed by atoms with E-state index in [9.17, 15) is 9.18 Å². The average molecular weight is 433 g/mol. The van der Waals surface area contributed by atoms with E-state index in [0.717, 1.165) is 41.2 Å². The molecule has 0 unspecified atom stereocenters. The minimum Gasteiger partial charge on any atom is -0.379 e. The van der Waals surface area contributed by atoms with Gasteiger partial charge in [0.15, 0.2) is 0 Å². The minimum absolute atomic E-state index is 0.161. The van der Waals surface area contributed by atoms with E-state index in [1.54, 1.807) is 18.3 Å². The second kappa shape index (κ2) is 9.02. The highest BCUT2D eigenvalue weighted by Gasteiger charge is 2.14. The fourth-order valence-corrected chi connectivity index (χ4v) is 4.04. The second-order valence-electron chi connectivity index (χ2n) is 8.03. The van der Waals surface area contributed by atoms with Gasteiger partial charge in [-0.2, -0.15) is 0 Å². The Morgan fingerprint density at radius 1 is 1.06 bits per heavy atom. The Morgan fingerprint density at radius 3 is 2.75 bits per heavy atom. The van der Waals surface area contributed by atoms with Crippen LogP contribution in [0, 0.1) is 5.82 Å². The number of aryl methyl sites for hydroxylation is 2. The molecule has 1 aliphatic rings. The first-order valence-corrected chi connectivity index (χ1v) is 10.7. The lowest BCUT2D eigenvalue weighted by Gasteiger charge is -2.26. The molecule has 0 bridgehead atoms. The van der Waals surface area contributed by atoms with Crippen molar-refractivity contribution in [2.75, 3.05) is 26.3 Å². The number of nitrogens with zero attached hydrogens (tertiary/aromatic N) is 3. The van der Waals surface area contributed by atoms with Crippen LogP contribution in [0.3, 0.4) is 0 Å². The standard InChI is InChI=1S/C24H24FN5O2/c25-21-11-16(1-3-18(21)14-30-7-9-32-10-8-30)2-4-19-12-17(5-6-26-19)22-13-20-23(29-22)27-15-28-24(20)31/h1,3,5-6,11-13,15H,2,4,7-10,14H2,(H2,27,28,29,31). The maximum atomic E-state index is 14.6. The maximum absolute atomic E-state index is 14.6. The van der Waals surface area contributed by atoms with E-state index >= 15 is 0 Å². The first-order chi connectivity index (χ1) is 15.7. The van der Waals surface area contributed by atoms with Crippen LogP contribution >= 0.6 is 0 Å². The second-order valence-corrected chi connectivity index (χ2v) is 8.03. The highest BCUT2D eigenvalue weighted by Crippen LogP contribution is 2.22. The molecular formula is C24H24FN5O2. The number of benzene rings is 1. The molecule has 0 radical (unpaired) electrons. The Kier molecular flexibility index (Phi) is 5.79. The summed E-state index contributed by atoms with van der Waals surface area (Å²) in [5, 5.41) is 0.522. The lowest BCUT2D eigenvalue weighted by atomic mass is 10.0. The van der Waals surface area contributed by atoms with Gasteiger partial charge in [0.25, 0.3) is 5.56 Å². The van der Waals surface area contributed by atoms with Gasteiger partial charge in [-0.1, -0.05) is 12.1 Å². The summed E-state index contributed by atoms with van der Waals surface area (Å²) in [5.74, 6) is -0.161. The van der Waals surface area contributed by atoms with Crippen molar-refractivity contribution in [3.05, 3.63) is 81.9 Å². The van der Waals surface area contributed by atoms with Gasteiger partial charge in [0.1, 0.15) is 11.5 Å². The van der Waals surface area contributed by atoms with Crippen molar-refractivity contribution < 1.29 is 9.13 Å². The number of morpholine rings is 1. The summed E-state index contributed by atoms with van der Waals surface area (Å²) in [6.45, 7) is 3.70. The van der Waals surface area contributed by atoms with Crippen LogP contribution in [0.5, 0.6) is 0 Å². The summed E-state index contributed by atoms with van der Waals surface area (Å²) in [4.78, 5) is 28.5. The van der Waals surface area contributed by atoms with Crippen LogP contribution in [0.1, 0.15) is 16.8 Å². The van der Waals surface area contributed by atoms with E-state index in [1.165, 1.54) is 6.33 Å². The third-order valence-electron chi connectivity index (χ3n) is 5.84. The van der Waals surface area contributed by atoms with Crippen LogP contribution in [0.4, 0.5) is 4.39 Å². The highest BCUT2D eigenvalue weighted by molar-refractivity contribution is 5.82. The zero-order chi connectivity index (χ0) is 21.9. The summed E-state index contributed by atoms with van der Waals surface area (Å²) in [6, 6.07) is 11.2. The van der Waals surface area contributed by atoms with Gasteiger partial charge in [0.05, 0.1) is 24.9 Å². The van der Waals surface area contributed by atoms with Crippen molar-refractivity contribution in [1.82, 2.24) is 24.8 Å². The molecule has 1 fully saturated rings. The number of aromatic nitrogens is 4. The van der Waals surface area contributed by atoms with Crippen molar-refractivity contribution in [1.29, 1.82) is 0 Å². The number of H-pyrrole nitrogens is 2. The summed E-state index contributed by atoms with van der Waals surface area (Å²) in [7, 11) is 0. The van der Waals surface area contributed by atoms with Gasteiger partial charge < -0.3 is 14.7 Å². The molecule has 3 aromatic heterocycles. The predicted octanol–water partition coefficient (Wildman–Crippen LogP) is 3.07. The van der Waals surface area contributed by atoms with E-state index < -0.39 is 0 Å². The average Bonchev–Trinajstić information content (AvgIpc) is 3.26. The lowest BCUT2D eigenvalue weighted by Crippen LogP contribution is -2.35. The summed E-state index contributed by atoms with van der Waals surface area (Å²) in [6.07, 6.45) is 4.52. The summed E-state index contributed by atoms with van der Waals surface area (Å²) >= 11 is 0. The van der Waals surface area contributed by atoms with Gasteiger partial charge in [-0.3, -0.25) is 14.7 Å². The van der Waals surface area contributed by atoms with Crippen LogP contribution < -0.4 is 5.56 Å². The molecule has 0 spiro atoms. The molecule has 164 valence electrons. The molecule has 1 aromatic carbocycles. The van der Waals surface area contributed by atoms with Gasteiger partial charge in [-0.05, 0) is 42.7 Å². The molecule has 0 amide bonds. The fraction of sp³-hybridized carbons (Fsp3) is 0.292. The smallest absolute Gasteiger partial charge is 0.260 e. The van der Waals surface area contributed by atoms with Crippen molar-refractivity contribution in [3.63, 3.8) is 0 Å². The zero-order valence-corrected chi connectivity index (χ0v) is 17.6. The number of hydrogen-bond donors (Lipinski definition) is 2. The molecule has 32 heavy (non-hydrogen) atoms. The fourth-order valence-electron chi connectivity index (χ4n) is 4.04. The summed E-state index contributed by atoms with van der Waals surface area (Å²) < 4.78 is 20.0. The Hall–Kier alpha value is -3.36. The monoisotopic (exact) mass is 433 g/mol. The Labute approximate surface area is 184 Å². The molecule has 4 heterocycles. The third kappa shape index (κ3) is 4.46. The van der Waals surface area contributed by atoms with Crippen molar-refractivity contribution in [2.24, 2.45) is 0 Å². The largest absolute Gasteiger partial charge is 0.379 e. The molecule has 0 aliphatic carbocycles. The number of pyridine rings is 1. The van der Waals surface area contributed by atoms with Crippen LogP contribution in [-0.2, 0) is 24.1 Å². The number of fused-ring (bicyclic) bond motifs is 1. The van der Waals surface area contributed by atoms with Crippen LogP contribution in [0.15, 0.2) is 53.7 Å². The predicted molar refractivity (Wildman–Crippen MR) is 120 cm³/mol. The topological polar surface area (TPSA) is 86.9 Å². The van der Waals surface area contributed by atoms with Crippen molar-refractivity contribution in [2.45, 2.75) is 19.4 Å². The first-order valence-electron chi connectivity index (χ1n) is 10.7. The number of rotatable bonds is 6. The third-order valence-corrected chi connectivity index (χ3v) is 5.84. The van der Waals surface area contributed by atoms with E-state index in [2.05, 4.69) is 24.8 Å². The van der Waals surface area contributed by atoms with Gasteiger partial charge in [-0.25, -0.2) is 9.37 Å². The normalized spacial score (nSPS) is 14.8. The quantitative estimate of drug-likeness (QED) is 0.488. The van der Waals surface area contributed by atoms with E-state index in [1.807, 2.05) is 24.3 Å². The molecular weight excluding hydrogens is 409 g/mol. The molecule has 1 aliphatic heterocycles. The Morgan fingerprint density at radius 2 is 1.94 bits per heavy atom. The van der Waals surface area contributed by atoms with Crippen LogP contribution in [-0.4, -0.2) is 51.1 Å². The van der Waals surface area contributed by atoms with Gasteiger partial charge >= 0.3 is 0 Å². The molecule has 7 nitrogen and oxygen atoms in total. The molecule has 0 saturated carbocycles. The molecule has 8 heteroatoms. The number of hydrogen-bond acceptors (Lipinski definition) is 5. The number of nitrogens with one attached hydrogen (secondary N) is 2. The van der Waals surface area contributed by atoms with Crippen molar-refractivity contribution in [3.8, 4) is 11.3 Å². The lowest BCUT2D eigenvalue weighted by molar-refractivity contribution is 0.0337. The zero-order valence-electron chi connectivity index (χ0n) is 17.6. The summed E-state index contributed by atoms with van der Waals surface area (Å²) in [5.41, 5.74) is 4.69. The van der Waals surface area contributed by atoms with Gasteiger partial charge in [-0.15, -0.1) is 0 Å². The number of halogens is 1. The van der Waals surface area contributed by atoms with E-state index in [-0.39, 0.29) is 11.4 Å². The Balaban J connectivity index is 1.27.